The molecule has 0 aliphatic rings. The van der Waals surface area contributed by atoms with Crippen molar-refractivity contribution in [3.63, 3.8) is 0 Å². The molecule has 0 fully saturated rings. The molecule has 0 aliphatic carbocycles. The largest absolute Gasteiger partial charge is 0.497 e. The van der Waals surface area contributed by atoms with Gasteiger partial charge in [-0.2, -0.15) is 4.72 Å². The van der Waals surface area contributed by atoms with Crippen LogP contribution in [-0.4, -0.2) is 33.3 Å². The fraction of sp³-hybridized carbons (Fsp3) is 0.333. The number of ether oxygens (including phenoxy) is 1. The van der Waals surface area contributed by atoms with Crippen LogP contribution in [0.2, 0.25) is 0 Å². The minimum atomic E-state index is -3.91. The maximum Gasteiger partial charge on any atom is 0.242 e. The zero-order chi connectivity index (χ0) is 21.6. The number of benzene rings is 2. The van der Waals surface area contributed by atoms with Crippen LogP contribution in [0.15, 0.2) is 53.4 Å². The number of amides is 1. The third kappa shape index (κ3) is 6.40. The molecule has 1 atom stereocenters. The second kappa shape index (κ2) is 9.67. The van der Waals surface area contributed by atoms with Gasteiger partial charge in [0.2, 0.25) is 15.9 Å². The van der Waals surface area contributed by atoms with Gasteiger partial charge in [0.05, 0.1) is 12.0 Å². The Morgan fingerprint density at radius 3 is 2.28 bits per heavy atom. The molecule has 156 valence electrons. The summed E-state index contributed by atoms with van der Waals surface area (Å²) in [5.74, 6) is -0.00447. The number of sulfonamides is 1. The Morgan fingerprint density at radius 1 is 1.07 bits per heavy atom. The topological polar surface area (TPSA) is 102 Å². The fourth-order valence-corrected chi connectivity index (χ4v) is 3.94. The average Bonchev–Trinajstić information content (AvgIpc) is 2.67. The fourth-order valence-electron chi connectivity index (χ4n) is 2.74. The van der Waals surface area contributed by atoms with Gasteiger partial charge in [-0.15, -0.1) is 0 Å². The highest BCUT2D eigenvalue weighted by Crippen LogP contribution is 2.18. The lowest BCUT2D eigenvalue weighted by Gasteiger charge is -2.20. The molecule has 2 aromatic carbocycles. The number of carbonyl (C=O) groups is 2. The maximum absolute atomic E-state index is 12.8. The minimum Gasteiger partial charge on any atom is -0.497 e. The van der Waals surface area contributed by atoms with Gasteiger partial charge >= 0.3 is 0 Å². The van der Waals surface area contributed by atoms with Crippen molar-refractivity contribution in [2.24, 2.45) is 5.92 Å². The molecular formula is C21H26N2O5S. The second-order valence-corrected chi connectivity index (χ2v) is 8.82. The van der Waals surface area contributed by atoms with E-state index >= 15 is 0 Å². The SMILES string of the molecule is COc1ccc(S(=O)(=O)N[C@@H](CC(C)C)C(=O)Nc2cccc(C(C)=O)c2)cc1. The van der Waals surface area contributed by atoms with Gasteiger partial charge in [0, 0.05) is 11.3 Å². The van der Waals surface area contributed by atoms with Crippen molar-refractivity contribution in [1.29, 1.82) is 0 Å². The number of ketones is 1. The number of methoxy groups -OCH3 is 1. The van der Waals surface area contributed by atoms with Crippen LogP contribution in [-0.2, 0) is 14.8 Å². The Bertz CT molecular complexity index is 969. The first kappa shape index (κ1) is 22.6. The molecule has 0 aromatic heterocycles. The first-order valence-corrected chi connectivity index (χ1v) is 10.7. The smallest absolute Gasteiger partial charge is 0.242 e. The number of anilines is 1. The molecule has 0 aliphatic heterocycles. The predicted molar refractivity (Wildman–Crippen MR) is 112 cm³/mol. The van der Waals surface area contributed by atoms with Gasteiger partial charge in [0.15, 0.2) is 5.78 Å². The van der Waals surface area contributed by atoms with E-state index in [0.29, 0.717) is 23.4 Å². The van der Waals surface area contributed by atoms with Gasteiger partial charge in [-0.05, 0) is 55.7 Å². The van der Waals surface area contributed by atoms with E-state index in [1.807, 2.05) is 13.8 Å². The first-order valence-electron chi connectivity index (χ1n) is 9.20. The molecule has 0 heterocycles. The van der Waals surface area contributed by atoms with Crippen molar-refractivity contribution in [1.82, 2.24) is 4.72 Å². The number of carbonyl (C=O) groups excluding carboxylic acids is 2. The van der Waals surface area contributed by atoms with Crippen molar-refractivity contribution in [2.45, 2.75) is 38.1 Å². The van der Waals surface area contributed by atoms with E-state index in [1.165, 1.54) is 26.2 Å². The summed E-state index contributed by atoms with van der Waals surface area (Å²) in [5.41, 5.74) is 0.891. The number of hydrogen-bond acceptors (Lipinski definition) is 5. The van der Waals surface area contributed by atoms with E-state index in [2.05, 4.69) is 10.0 Å². The number of rotatable bonds is 9. The lowest BCUT2D eigenvalue weighted by atomic mass is 10.0. The standard InChI is InChI=1S/C21H26N2O5S/c1-14(2)12-20(21(25)22-17-7-5-6-16(13-17)15(3)24)23-29(26,27)19-10-8-18(28-4)9-11-19/h5-11,13-14,20,23H,12H2,1-4H3,(H,22,25)/t20-/m0/s1. The normalized spacial score (nSPS) is 12.4. The third-order valence-electron chi connectivity index (χ3n) is 4.23. The van der Waals surface area contributed by atoms with E-state index in [1.54, 1.807) is 36.4 Å². The highest BCUT2D eigenvalue weighted by Gasteiger charge is 2.26. The first-order chi connectivity index (χ1) is 13.6. The summed E-state index contributed by atoms with van der Waals surface area (Å²) in [5, 5.41) is 2.70. The van der Waals surface area contributed by atoms with E-state index in [-0.39, 0.29) is 16.6 Å². The minimum absolute atomic E-state index is 0.0402. The van der Waals surface area contributed by atoms with Crippen LogP contribution >= 0.6 is 0 Å². The molecule has 0 radical (unpaired) electrons. The van der Waals surface area contributed by atoms with Gasteiger partial charge in [-0.3, -0.25) is 9.59 Å². The molecule has 29 heavy (non-hydrogen) atoms. The van der Waals surface area contributed by atoms with Gasteiger partial charge in [0.1, 0.15) is 11.8 Å². The van der Waals surface area contributed by atoms with Crippen LogP contribution in [0.4, 0.5) is 5.69 Å². The molecule has 0 unspecified atom stereocenters. The van der Waals surface area contributed by atoms with Crippen LogP contribution in [0.25, 0.3) is 0 Å². The lowest BCUT2D eigenvalue weighted by molar-refractivity contribution is -0.118. The van der Waals surface area contributed by atoms with E-state index in [9.17, 15) is 18.0 Å². The Hall–Kier alpha value is -2.71. The van der Waals surface area contributed by atoms with Crippen molar-refractivity contribution in [3.8, 4) is 5.75 Å². The molecule has 0 saturated carbocycles. The number of Topliss-reactive ketones (excluding diaryl/α,β-unsaturated/α-hetero) is 1. The second-order valence-electron chi connectivity index (χ2n) is 7.11. The predicted octanol–water partition coefficient (Wildman–Crippen LogP) is 3.23. The highest BCUT2D eigenvalue weighted by atomic mass is 32.2. The maximum atomic E-state index is 12.8. The molecule has 7 nitrogen and oxygen atoms in total. The summed E-state index contributed by atoms with van der Waals surface area (Å²) >= 11 is 0. The Balaban J connectivity index is 2.22. The van der Waals surface area contributed by atoms with E-state index < -0.39 is 22.0 Å². The Kier molecular flexibility index (Phi) is 7.53. The molecule has 0 spiro atoms. The summed E-state index contributed by atoms with van der Waals surface area (Å²) in [4.78, 5) is 24.4. The number of nitrogens with one attached hydrogen (secondary N) is 2. The summed E-state index contributed by atoms with van der Waals surface area (Å²) in [7, 11) is -2.42. The molecule has 0 saturated heterocycles. The monoisotopic (exact) mass is 418 g/mol. The van der Waals surface area contributed by atoms with E-state index in [0.717, 1.165) is 0 Å². The van der Waals surface area contributed by atoms with Crippen molar-refractivity contribution >= 4 is 27.4 Å². The Morgan fingerprint density at radius 2 is 1.72 bits per heavy atom. The van der Waals surface area contributed by atoms with Crippen LogP contribution in [0.1, 0.15) is 37.6 Å². The summed E-state index contributed by atoms with van der Waals surface area (Å²) in [6.45, 7) is 5.24. The average molecular weight is 419 g/mol. The molecule has 2 aromatic rings. The third-order valence-corrected chi connectivity index (χ3v) is 5.71. The van der Waals surface area contributed by atoms with Crippen molar-refractivity contribution in [3.05, 3.63) is 54.1 Å². The summed E-state index contributed by atoms with van der Waals surface area (Å²) < 4.78 is 33.0. The molecule has 2 rings (SSSR count). The van der Waals surface area contributed by atoms with Crippen LogP contribution in [0.5, 0.6) is 5.75 Å². The van der Waals surface area contributed by atoms with Gasteiger partial charge in [0.25, 0.3) is 0 Å². The zero-order valence-corrected chi connectivity index (χ0v) is 17.7. The van der Waals surface area contributed by atoms with Crippen molar-refractivity contribution < 1.29 is 22.7 Å². The molecule has 1 amide bonds. The molecule has 0 bridgehead atoms. The van der Waals surface area contributed by atoms with E-state index in [4.69, 9.17) is 4.74 Å². The van der Waals surface area contributed by atoms with Crippen molar-refractivity contribution in [2.75, 3.05) is 12.4 Å². The van der Waals surface area contributed by atoms with Crippen LogP contribution in [0.3, 0.4) is 0 Å². The van der Waals surface area contributed by atoms with Crippen LogP contribution < -0.4 is 14.8 Å². The summed E-state index contributed by atoms with van der Waals surface area (Å²) in [6.07, 6.45) is 0.313. The van der Waals surface area contributed by atoms with Gasteiger partial charge in [-0.1, -0.05) is 26.0 Å². The Labute approximate surface area is 171 Å². The molecule has 8 heteroatoms. The zero-order valence-electron chi connectivity index (χ0n) is 16.9. The van der Waals surface area contributed by atoms with Crippen LogP contribution in [0, 0.1) is 5.92 Å². The van der Waals surface area contributed by atoms with Gasteiger partial charge < -0.3 is 10.1 Å². The molecular weight excluding hydrogens is 392 g/mol. The van der Waals surface area contributed by atoms with Gasteiger partial charge in [-0.25, -0.2) is 8.42 Å². The highest BCUT2D eigenvalue weighted by molar-refractivity contribution is 7.89. The quantitative estimate of drug-likeness (QED) is 0.609. The lowest BCUT2D eigenvalue weighted by Crippen LogP contribution is -2.44. The summed E-state index contributed by atoms with van der Waals surface area (Å²) in [6, 6.07) is 11.5. The molecule has 2 N–H and O–H groups in total. The number of hydrogen-bond donors (Lipinski definition) is 2.